The number of halogens is 1. The lowest BCUT2D eigenvalue weighted by Crippen LogP contribution is -1.90. The fourth-order valence-corrected chi connectivity index (χ4v) is 1.29. The van der Waals surface area contributed by atoms with Gasteiger partial charge in [0.1, 0.15) is 5.75 Å². The van der Waals surface area contributed by atoms with Crippen LogP contribution >= 0.6 is 17.0 Å². The predicted molar refractivity (Wildman–Crippen MR) is 50.6 cm³/mol. The van der Waals surface area contributed by atoms with E-state index in [0.29, 0.717) is 5.75 Å². The van der Waals surface area contributed by atoms with Gasteiger partial charge >= 0.3 is 0 Å². The molecule has 2 nitrogen and oxygen atoms in total. The van der Waals surface area contributed by atoms with Gasteiger partial charge in [0.05, 0.1) is 0 Å². The highest BCUT2D eigenvalue weighted by Gasteiger charge is 2.08. The average Bonchev–Trinajstić information content (AvgIpc) is 2.33. The second-order valence-corrected chi connectivity index (χ2v) is 2.52. The van der Waals surface area contributed by atoms with E-state index in [1.807, 2.05) is 12.1 Å². The van der Waals surface area contributed by atoms with Crippen LogP contribution in [-0.4, -0.2) is 11.7 Å². The van der Waals surface area contributed by atoms with E-state index in [1.54, 1.807) is 6.07 Å². The van der Waals surface area contributed by atoms with Crippen molar-refractivity contribution in [2.45, 2.75) is 6.42 Å². The van der Waals surface area contributed by atoms with Gasteiger partial charge in [0.25, 0.3) is 0 Å². The lowest BCUT2D eigenvalue weighted by atomic mass is 10.1. The minimum Gasteiger partial charge on any atom is -0.508 e. The number of fused-ring (bicyclic) bond motifs is 1. The molecular formula is C8H10BrNO. The highest BCUT2D eigenvalue weighted by molar-refractivity contribution is 8.93. The first-order valence-corrected chi connectivity index (χ1v) is 3.42. The molecule has 1 aromatic carbocycles. The van der Waals surface area contributed by atoms with E-state index in [1.165, 1.54) is 5.56 Å². The van der Waals surface area contributed by atoms with Crippen LogP contribution in [-0.2, 0) is 6.42 Å². The maximum Gasteiger partial charge on any atom is 0.116 e. The first-order valence-electron chi connectivity index (χ1n) is 3.42. The maximum absolute atomic E-state index is 9.07. The molecule has 3 heteroatoms. The standard InChI is InChI=1S/C8H9NO.BrH/c10-7-1-2-8-6(5-7)3-4-9-8;/h1-2,5,9-10H,3-4H2;1H. The van der Waals surface area contributed by atoms with E-state index in [2.05, 4.69) is 5.32 Å². The molecule has 0 aromatic heterocycles. The van der Waals surface area contributed by atoms with Gasteiger partial charge < -0.3 is 10.4 Å². The molecule has 1 aliphatic heterocycles. The largest absolute Gasteiger partial charge is 0.508 e. The molecule has 0 atom stereocenters. The summed E-state index contributed by atoms with van der Waals surface area (Å²) in [6.45, 7) is 0.999. The molecule has 0 saturated heterocycles. The van der Waals surface area contributed by atoms with Crippen LogP contribution in [0.3, 0.4) is 0 Å². The number of anilines is 1. The lowest BCUT2D eigenvalue weighted by molar-refractivity contribution is 0.475. The van der Waals surface area contributed by atoms with Crippen LogP contribution < -0.4 is 5.32 Å². The number of nitrogens with one attached hydrogen (secondary N) is 1. The molecule has 1 aliphatic rings. The number of phenols is 1. The van der Waals surface area contributed by atoms with E-state index in [4.69, 9.17) is 5.11 Å². The molecule has 1 aromatic rings. The van der Waals surface area contributed by atoms with Gasteiger partial charge in [-0.05, 0) is 30.2 Å². The fraction of sp³-hybridized carbons (Fsp3) is 0.250. The maximum atomic E-state index is 9.07. The van der Waals surface area contributed by atoms with Crippen molar-refractivity contribution >= 4 is 22.7 Å². The molecule has 0 unspecified atom stereocenters. The van der Waals surface area contributed by atoms with Crippen molar-refractivity contribution in [1.29, 1.82) is 0 Å². The number of rotatable bonds is 0. The summed E-state index contributed by atoms with van der Waals surface area (Å²) in [5.41, 5.74) is 2.39. The van der Waals surface area contributed by atoms with Gasteiger partial charge in [-0.15, -0.1) is 17.0 Å². The Hall–Kier alpha value is -0.700. The third-order valence-electron chi connectivity index (χ3n) is 1.80. The summed E-state index contributed by atoms with van der Waals surface area (Å²) in [4.78, 5) is 0. The Morgan fingerprint density at radius 2 is 2.18 bits per heavy atom. The Bertz CT molecular complexity index is 262. The normalized spacial score (nSPS) is 13.1. The average molecular weight is 216 g/mol. The molecule has 0 aliphatic carbocycles. The monoisotopic (exact) mass is 215 g/mol. The van der Waals surface area contributed by atoms with E-state index < -0.39 is 0 Å². The Morgan fingerprint density at radius 1 is 1.36 bits per heavy atom. The Kier molecular flexibility index (Phi) is 2.39. The van der Waals surface area contributed by atoms with Gasteiger partial charge in [0.2, 0.25) is 0 Å². The topological polar surface area (TPSA) is 32.3 Å². The van der Waals surface area contributed by atoms with Crippen LogP contribution in [0.1, 0.15) is 5.56 Å². The first-order chi connectivity index (χ1) is 4.86. The number of aromatic hydroxyl groups is 1. The summed E-state index contributed by atoms with van der Waals surface area (Å²) in [5.74, 6) is 0.363. The van der Waals surface area contributed by atoms with Gasteiger partial charge in [-0.2, -0.15) is 0 Å². The first kappa shape index (κ1) is 8.40. The summed E-state index contributed by atoms with van der Waals surface area (Å²) >= 11 is 0. The smallest absolute Gasteiger partial charge is 0.116 e. The van der Waals surface area contributed by atoms with Gasteiger partial charge in [0, 0.05) is 12.2 Å². The van der Waals surface area contributed by atoms with Crippen molar-refractivity contribution in [3.05, 3.63) is 23.8 Å². The van der Waals surface area contributed by atoms with Crippen molar-refractivity contribution in [3.63, 3.8) is 0 Å². The van der Waals surface area contributed by atoms with Crippen LogP contribution in [0.25, 0.3) is 0 Å². The van der Waals surface area contributed by atoms with Crippen molar-refractivity contribution < 1.29 is 5.11 Å². The molecule has 60 valence electrons. The van der Waals surface area contributed by atoms with Gasteiger partial charge in [-0.3, -0.25) is 0 Å². The third kappa shape index (κ3) is 1.48. The molecule has 0 spiro atoms. The van der Waals surface area contributed by atoms with Crippen LogP contribution in [0.2, 0.25) is 0 Å². The lowest BCUT2D eigenvalue weighted by Gasteiger charge is -1.97. The van der Waals surface area contributed by atoms with Gasteiger partial charge in [-0.1, -0.05) is 0 Å². The van der Waals surface area contributed by atoms with E-state index in [9.17, 15) is 0 Å². The Morgan fingerprint density at radius 3 is 3.00 bits per heavy atom. The van der Waals surface area contributed by atoms with Crippen LogP contribution in [0.4, 0.5) is 5.69 Å². The molecule has 0 fully saturated rings. The fourth-order valence-electron chi connectivity index (χ4n) is 1.29. The summed E-state index contributed by atoms with van der Waals surface area (Å²) in [6.07, 6.45) is 1.03. The predicted octanol–water partition coefficient (Wildman–Crippen LogP) is 1.94. The quantitative estimate of drug-likeness (QED) is 0.649. The van der Waals surface area contributed by atoms with Crippen molar-refractivity contribution in [3.8, 4) is 5.75 Å². The minimum absolute atomic E-state index is 0. The van der Waals surface area contributed by atoms with Gasteiger partial charge in [0.15, 0.2) is 0 Å². The van der Waals surface area contributed by atoms with Crippen LogP contribution in [0.5, 0.6) is 5.75 Å². The minimum atomic E-state index is 0. The summed E-state index contributed by atoms with van der Waals surface area (Å²) in [6, 6.07) is 5.43. The zero-order chi connectivity index (χ0) is 6.97. The van der Waals surface area contributed by atoms with E-state index in [0.717, 1.165) is 18.7 Å². The molecular weight excluding hydrogens is 206 g/mol. The van der Waals surface area contributed by atoms with E-state index >= 15 is 0 Å². The molecule has 0 radical (unpaired) electrons. The molecule has 0 bridgehead atoms. The SMILES string of the molecule is Br.Oc1ccc2c(c1)CCN2. The van der Waals surface area contributed by atoms with Crippen LogP contribution in [0, 0.1) is 0 Å². The summed E-state index contributed by atoms with van der Waals surface area (Å²) in [5, 5.41) is 12.3. The van der Waals surface area contributed by atoms with Crippen molar-refractivity contribution in [2.75, 3.05) is 11.9 Å². The molecule has 2 rings (SSSR count). The zero-order valence-electron chi connectivity index (χ0n) is 6.00. The number of phenolic OH excluding ortho intramolecular Hbond substituents is 1. The van der Waals surface area contributed by atoms with Crippen molar-refractivity contribution in [1.82, 2.24) is 0 Å². The van der Waals surface area contributed by atoms with Crippen molar-refractivity contribution in [2.24, 2.45) is 0 Å². The van der Waals surface area contributed by atoms with Crippen LogP contribution in [0.15, 0.2) is 18.2 Å². The molecule has 1 heterocycles. The van der Waals surface area contributed by atoms with Gasteiger partial charge in [-0.25, -0.2) is 0 Å². The second-order valence-electron chi connectivity index (χ2n) is 2.52. The summed E-state index contributed by atoms with van der Waals surface area (Å²) in [7, 11) is 0. The van der Waals surface area contributed by atoms with E-state index in [-0.39, 0.29) is 17.0 Å². The molecule has 0 amide bonds. The zero-order valence-corrected chi connectivity index (χ0v) is 7.71. The molecule has 11 heavy (non-hydrogen) atoms. The Balaban J connectivity index is 0.000000605. The number of benzene rings is 1. The number of hydrogen-bond acceptors (Lipinski definition) is 2. The summed E-state index contributed by atoms with van der Waals surface area (Å²) < 4.78 is 0. The second kappa shape index (κ2) is 3.13. The highest BCUT2D eigenvalue weighted by atomic mass is 79.9. The molecule has 0 saturated carbocycles. The number of hydrogen-bond donors (Lipinski definition) is 2. The Labute approximate surface area is 76.0 Å². The third-order valence-corrected chi connectivity index (χ3v) is 1.80. The molecule has 2 N–H and O–H groups in total. The highest BCUT2D eigenvalue weighted by Crippen LogP contribution is 2.25.